The summed E-state index contributed by atoms with van der Waals surface area (Å²) in [5.41, 5.74) is 3.79. The maximum atomic E-state index is 11.4. The molecule has 0 bridgehead atoms. The number of carbonyl (C=O) groups is 3. The molecule has 2 aliphatic heterocycles. The van der Waals surface area contributed by atoms with Gasteiger partial charge in [-0.15, -0.1) is 0 Å². The lowest BCUT2D eigenvalue weighted by atomic mass is 10.1. The van der Waals surface area contributed by atoms with Gasteiger partial charge in [0.15, 0.2) is 0 Å². The molecule has 0 unspecified atom stereocenters. The molecule has 2 heterocycles. The summed E-state index contributed by atoms with van der Waals surface area (Å²) in [6, 6.07) is 15.1. The molecule has 1 N–H and O–H groups in total. The van der Waals surface area contributed by atoms with Gasteiger partial charge in [-0.1, -0.05) is 48.5 Å². The lowest BCUT2D eigenvalue weighted by Crippen LogP contribution is -2.23. The number of aliphatic hydroxyl groups excluding tert-OH is 1. The molecule has 30 heavy (non-hydrogen) atoms. The van der Waals surface area contributed by atoms with Crippen LogP contribution >= 0.6 is 0 Å². The molecule has 0 aliphatic carbocycles. The third-order valence-electron chi connectivity index (χ3n) is 5.41. The van der Waals surface area contributed by atoms with Crippen LogP contribution in [0.25, 0.3) is 0 Å². The highest BCUT2D eigenvalue weighted by Gasteiger charge is 2.20. The molecule has 4 rings (SSSR count). The summed E-state index contributed by atoms with van der Waals surface area (Å²) < 4.78 is 0. The molecule has 2 aromatic carbocycles. The summed E-state index contributed by atoms with van der Waals surface area (Å²) in [5, 5.41) is 8.89. The zero-order chi connectivity index (χ0) is 21.3. The van der Waals surface area contributed by atoms with E-state index < -0.39 is 0 Å². The van der Waals surface area contributed by atoms with Crippen LogP contribution in [0.15, 0.2) is 48.5 Å². The van der Waals surface area contributed by atoms with Crippen LogP contribution in [0.3, 0.4) is 0 Å². The van der Waals surface area contributed by atoms with E-state index >= 15 is 0 Å². The number of hydrogen-bond acceptors (Lipinski definition) is 4. The maximum Gasteiger partial charge on any atom is 0.222 e. The highest BCUT2D eigenvalue weighted by atomic mass is 16.3. The smallest absolute Gasteiger partial charge is 0.222 e. The van der Waals surface area contributed by atoms with Gasteiger partial charge >= 0.3 is 0 Å². The molecular formula is C24H28N2O4. The van der Waals surface area contributed by atoms with Gasteiger partial charge in [-0.05, 0) is 29.5 Å². The Morgan fingerprint density at radius 3 is 1.53 bits per heavy atom. The van der Waals surface area contributed by atoms with Crippen LogP contribution in [-0.2, 0) is 29.3 Å². The van der Waals surface area contributed by atoms with Gasteiger partial charge in [0.05, 0.1) is 6.61 Å². The number of amides is 2. The number of nitrogens with zero attached hydrogens (tertiary/aromatic N) is 2. The second-order valence-corrected chi connectivity index (χ2v) is 7.67. The Morgan fingerprint density at radius 1 is 0.733 bits per heavy atom. The van der Waals surface area contributed by atoms with Crippen molar-refractivity contribution in [2.45, 2.75) is 45.4 Å². The number of carbonyl (C=O) groups excluding carboxylic acids is 3. The molecule has 0 atom stereocenters. The molecule has 2 amide bonds. The number of rotatable bonds is 6. The van der Waals surface area contributed by atoms with Crippen molar-refractivity contribution in [3.05, 3.63) is 70.8 Å². The third kappa shape index (κ3) is 6.00. The number of likely N-dealkylation sites (tertiary alicyclic amines) is 2. The molecule has 0 saturated carbocycles. The van der Waals surface area contributed by atoms with E-state index in [1.807, 2.05) is 46.2 Å². The molecule has 2 fully saturated rings. The van der Waals surface area contributed by atoms with Crippen LogP contribution < -0.4 is 0 Å². The van der Waals surface area contributed by atoms with Gasteiger partial charge in [-0.2, -0.15) is 0 Å². The van der Waals surface area contributed by atoms with E-state index in [2.05, 4.69) is 0 Å². The zero-order valence-electron chi connectivity index (χ0n) is 17.1. The van der Waals surface area contributed by atoms with Gasteiger partial charge in [0.25, 0.3) is 0 Å². The van der Waals surface area contributed by atoms with Gasteiger partial charge in [-0.25, -0.2) is 0 Å². The molecule has 0 radical (unpaired) electrons. The fraction of sp³-hybridized carbons (Fsp3) is 0.375. The Bertz CT molecular complexity index is 862. The van der Waals surface area contributed by atoms with Gasteiger partial charge in [0.1, 0.15) is 6.29 Å². The van der Waals surface area contributed by atoms with Crippen molar-refractivity contribution < 1.29 is 19.5 Å². The first-order chi connectivity index (χ1) is 14.6. The van der Waals surface area contributed by atoms with Gasteiger partial charge in [0.2, 0.25) is 11.8 Å². The van der Waals surface area contributed by atoms with E-state index in [1.54, 1.807) is 12.1 Å². The Morgan fingerprint density at radius 2 is 1.17 bits per heavy atom. The first-order valence-corrected chi connectivity index (χ1v) is 10.4. The average Bonchev–Trinajstić information content (AvgIpc) is 3.37. The minimum atomic E-state index is 0.0723. The number of aldehydes is 1. The van der Waals surface area contributed by atoms with Crippen LogP contribution in [0.4, 0.5) is 0 Å². The Labute approximate surface area is 177 Å². The molecule has 6 nitrogen and oxygen atoms in total. The largest absolute Gasteiger partial charge is 0.392 e. The second-order valence-electron chi connectivity index (χ2n) is 7.67. The van der Waals surface area contributed by atoms with E-state index in [-0.39, 0.29) is 18.4 Å². The van der Waals surface area contributed by atoms with Crippen LogP contribution in [-0.4, -0.2) is 46.1 Å². The molecular weight excluding hydrogens is 380 g/mol. The van der Waals surface area contributed by atoms with Crippen LogP contribution in [0.1, 0.15) is 52.7 Å². The first-order valence-electron chi connectivity index (χ1n) is 10.4. The summed E-state index contributed by atoms with van der Waals surface area (Å²) in [6.45, 7) is 3.17. The van der Waals surface area contributed by atoms with Crippen LogP contribution in [0.5, 0.6) is 0 Å². The predicted octanol–water partition coefficient (Wildman–Crippen LogP) is 2.92. The normalized spacial score (nSPS) is 15.9. The highest BCUT2D eigenvalue weighted by Crippen LogP contribution is 2.15. The maximum absolute atomic E-state index is 11.4. The molecule has 6 heteroatoms. The van der Waals surface area contributed by atoms with Crippen molar-refractivity contribution in [2.75, 3.05) is 13.1 Å². The van der Waals surface area contributed by atoms with E-state index in [1.165, 1.54) is 0 Å². The Balaban J connectivity index is 0.000000171. The standard InChI is InChI=1S/C12H15NO2.C12H13NO2/c2*14-9-11-5-3-10(4-6-11)8-13-7-1-2-12(13)15/h3-6,14H,1-2,7-9H2;3-6,9H,1-2,7-8H2. The Kier molecular flexibility index (Phi) is 7.74. The fourth-order valence-electron chi connectivity index (χ4n) is 3.63. The van der Waals surface area contributed by atoms with Crippen molar-refractivity contribution in [1.29, 1.82) is 0 Å². The van der Waals surface area contributed by atoms with Gasteiger partial charge in [-0.3, -0.25) is 14.4 Å². The van der Waals surface area contributed by atoms with Crippen molar-refractivity contribution in [1.82, 2.24) is 9.80 Å². The van der Waals surface area contributed by atoms with E-state index in [4.69, 9.17) is 5.11 Å². The highest BCUT2D eigenvalue weighted by molar-refractivity contribution is 5.78. The van der Waals surface area contributed by atoms with E-state index in [9.17, 15) is 14.4 Å². The molecule has 158 valence electrons. The third-order valence-corrected chi connectivity index (χ3v) is 5.41. The number of aliphatic hydroxyl groups is 1. The summed E-state index contributed by atoms with van der Waals surface area (Å²) in [6.07, 6.45) is 4.13. The topological polar surface area (TPSA) is 77.9 Å². The molecule has 2 aliphatic rings. The predicted molar refractivity (Wildman–Crippen MR) is 113 cm³/mol. The quantitative estimate of drug-likeness (QED) is 0.746. The summed E-state index contributed by atoms with van der Waals surface area (Å²) >= 11 is 0. The minimum absolute atomic E-state index is 0.0723. The lowest BCUT2D eigenvalue weighted by molar-refractivity contribution is -0.129. The zero-order valence-corrected chi connectivity index (χ0v) is 17.1. The van der Waals surface area contributed by atoms with Gasteiger partial charge in [0, 0.05) is 44.6 Å². The van der Waals surface area contributed by atoms with Gasteiger partial charge < -0.3 is 14.9 Å². The van der Waals surface area contributed by atoms with Crippen molar-refractivity contribution in [3.8, 4) is 0 Å². The number of hydrogen-bond donors (Lipinski definition) is 1. The summed E-state index contributed by atoms with van der Waals surface area (Å²) in [7, 11) is 0. The SMILES string of the molecule is O=C1CCCN1Cc1ccc(CO)cc1.O=Cc1ccc(CN2CCCC2=O)cc1. The fourth-order valence-corrected chi connectivity index (χ4v) is 3.63. The second kappa shape index (κ2) is 10.7. The molecule has 0 spiro atoms. The van der Waals surface area contributed by atoms with E-state index in [0.29, 0.717) is 31.5 Å². The lowest BCUT2D eigenvalue weighted by Gasteiger charge is -2.15. The van der Waals surface area contributed by atoms with E-state index in [0.717, 1.165) is 48.9 Å². The molecule has 0 aromatic heterocycles. The molecule has 2 saturated heterocycles. The summed E-state index contributed by atoms with van der Waals surface area (Å²) in [4.78, 5) is 36.9. The Hall–Kier alpha value is -2.99. The monoisotopic (exact) mass is 408 g/mol. The van der Waals surface area contributed by atoms with Crippen LogP contribution in [0, 0.1) is 0 Å². The van der Waals surface area contributed by atoms with Crippen molar-refractivity contribution in [2.24, 2.45) is 0 Å². The van der Waals surface area contributed by atoms with Crippen molar-refractivity contribution >= 4 is 18.1 Å². The minimum Gasteiger partial charge on any atom is -0.392 e. The molecule has 2 aromatic rings. The number of benzene rings is 2. The van der Waals surface area contributed by atoms with Crippen LogP contribution in [0.2, 0.25) is 0 Å². The van der Waals surface area contributed by atoms with Crippen molar-refractivity contribution in [3.63, 3.8) is 0 Å². The first kappa shape index (κ1) is 21.7. The average molecular weight is 408 g/mol. The summed E-state index contributed by atoms with van der Waals surface area (Å²) in [5.74, 6) is 0.482.